The van der Waals surface area contributed by atoms with E-state index in [4.69, 9.17) is 10.8 Å². The largest absolute Gasteiger partial charge is 0.508 e. The van der Waals surface area contributed by atoms with Gasteiger partial charge >= 0.3 is 5.97 Å². The second-order valence-corrected chi connectivity index (χ2v) is 3.41. The molecule has 5 heteroatoms. The molecule has 0 saturated heterocycles. The lowest BCUT2D eigenvalue weighted by Crippen LogP contribution is -2.33. The van der Waals surface area contributed by atoms with Crippen LogP contribution in [-0.4, -0.2) is 38.4 Å². The number of carbonyl (C=O) groups is 1. The van der Waals surface area contributed by atoms with Crippen molar-refractivity contribution in [3.63, 3.8) is 0 Å². The average molecular weight is 241 g/mol. The standard InChI is InChI=1S/C10H13NO3.C2H6O/c1-14-10(13)9(11)6-7-2-4-8(12)5-3-7;1-3-2/h2-5,9,12H,6,11H2,1H3;1-2H3/t9-;/m0./s1. The average Bonchev–Trinajstić information content (AvgIpc) is 2.32. The molecule has 0 fully saturated rings. The van der Waals surface area contributed by atoms with Crippen LogP contribution < -0.4 is 5.73 Å². The molecule has 0 heterocycles. The van der Waals surface area contributed by atoms with Gasteiger partial charge in [-0.15, -0.1) is 0 Å². The number of methoxy groups -OCH3 is 2. The number of nitrogens with two attached hydrogens (primary N) is 1. The van der Waals surface area contributed by atoms with Crippen molar-refractivity contribution in [1.29, 1.82) is 0 Å². The highest BCUT2D eigenvalue weighted by Crippen LogP contribution is 2.10. The molecule has 0 unspecified atom stereocenters. The van der Waals surface area contributed by atoms with E-state index < -0.39 is 12.0 Å². The molecule has 1 rings (SSSR count). The van der Waals surface area contributed by atoms with Crippen molar-refractivity contribution in [1.82, 2.24) is 0 Å². The van der Waals surface area contributed by atoms with E-state index in [9.17, 15) is 4.79 Å². The summed E-state index contributed by atoms with van der Waals surface area (Å²) < 4.78 is 8.74. The molecule has 0 spiro atoms. The number of phenolic OH excluding ortho intramolecular Hbond substituents is 1. The van der Waals surface area contributed by atoms with Gasteiger partial charge in [0.15, 0.2) is 0 Å². The van der Waals surface area contributed by atoms with Crippen molar-refractivity contribution in [3.05, 3.63) is 29.8 Å². The molecule has 0 aliphatic carbocycles. The second-order valence-electron chi connectivity index (χ2n) is 3.41. The molecule has 96 valence electrons. The van der Waals surface area contributed by atoms with Crippen molar-refractivity contribution >= 4 is 5.97 Å². The predicted octanol–water partition coefficient (Wildman–Crippen LogP) is 0.698. The van der Waals surface area contributed by atoms with Crippen molar-refractivity contribution in [3.8, 4) is 5.75 Å². The van der Waals surface area contributed by atoms with E-state index in [-0.39, 0.29) is 5.75 Å². The van der Waals surface area contributed by atoms with Gasteiger partial charge < -0.3 is 20.3 Å². The Bertz CT molecular complexity index is 324. The first-order valence-corrected chi connectivity index (χ1v) is 5.06. The van der Waals surface area contributed by atoms with Crippen LogP contribution in [0.15, 0.2) is 24.3 Å². The highest BCUT2D eigenvalue weighted by atomic mass is 16.5. The molecule has 1 aromatic carbocycles. The summed E-state index contributed by atoms with van der Waals surface area (Å²) in [5.74, 6) is -0.238. The predicted molar refractivity (Wildman–Crippen MR) is 64.7 cm³/mol. The lowest BCUT2D eigenvalue weighted by atomic mass is 10.1. The third kappa shape index (κ3) is 6.55. The molecular weight excluding hydrogens is 222 g/mol. The van der Waals surface area contributed by atoms with Gasteiger partial charge in [-0.1, -0.05) is 12.1 Å². The van der Waals surface area contributed by atoms with Crippen LogP contribution in [0, 0.1) is 0 Å². The molecule has 0 bridgehead atoms. The van der Waals surface area contributed by atoms with Gasteiger partial charge in [0.2, 0.25) is 0 Å². The Morgan fingerprint density at radius 2 is 1.76 bits per heavy atom. The highest BCUT2D eigenvalue weighted by molar-refractivity contribution is 5.75. The maximum Gasteiger partial charge on any atom is 0.322 e. The smallest absolute Gasteiger partial charge is 0.322 e. The van der Waals surface area contributed by atoms with Crippen molar-refractivity contribution in [2.75, 3.05) is 21.3 Å². The number of ether oxygens (including phenoxy) is 2. The van der Waals surface area contributed by atoms with Crippen LogP contribution in [0.4, 0.5) is 0 Å². The summed E-state index contributed by atoms with van der Waals surface area (Å²) in [5.41, 5.74) is 6.45. The summed E-state index contributed by atoms with van der Waals surface area (Å²) in [6.45, 7) is 0. The molecule has 1 atom stereocenters. The first-order chi connectivity index (χ1) is 8.04. The topological polar surface area (TPSA) is 81.8 Å². The molecule has 5 nitrogen and oxygen atoms in total. The summed E-state index contributed by atoms with van der Waals surface area (Å²) in [7, 11) is 4.55. The van der Waals surface area contributed by atoms with Crippen molar-refractivity contribution in [2.45, 2.75) is 12.5 Å². The molecular formula is C12H19NO4. The minimum Gasteiger partial charge on any atom is -0.508 e. The van der Waals surface area contributed by atoms with Crippen molar-refractivity contribution in [2.24, 2.45) is 5.73 Å². The number of carbonyl (C=O) groups excluding carboxylic acids is 1. The van der Waals surface area contributed by atoms with Gasteiger partial charge in [-0.05, 0) is 24.1 Å². The SMILES string of the molecule is COC.COC(=O)[C@@H](N)Cc1ccc(O)cc1. The fraction of sp³-hybridized carbons (Fsp3) is 0.417. The zero-order valence-electron chi connectivity index (χ0n) is 10.3. The minimum absolute atomic E-state index is 0.195. The number of phenols is 1. The zero-order chi connectivity index (χ0) is 13.3. The van der Waals surface area contributed by atoms with E-state index in [1.165, 1.54) is 7.11 Å². The zero-order valence-corrected chi connectivity index (χ0v) is 10.3. The monoisotopic (exact) mass is 241 g/mol. The van der Waals surface area contributed by atoms with Gasteiger partial charge in [-0.2, -0.15) is 0 Å². The number of esters is 1. The normalized spacial score (nSPS) is 11.1. The first-order valence-electron chi connectivity index (χ1n) is 5.06. The second kappa shape index (κ2) is 8.55. The molecule has 17 heavy (non-hydrogen) atoms. The fourth-order valence-corrected chi connectivity index (χ4v) is 1.12. The summed E-state index contributed by atoms with van der Waals surface area (Å²) >= 11 is 0. The number of rotatable bonds is 3. The third-order valence-corrected chi connectivity index (χ3v) is 1.90. The van der Waals surface area contributed by atoms with Crippen molar-refractivity contribution < 1.29 is 19.4 Å². The van der Waals surface area contributed by atoms with Crippen LogP contribution >= 0.6 is 0 Å². The molecule has 3 N–H and O–H groups in total. The summed E-state index contributed by atoms with van der Waals surface area (Å²) in [5, 5.41) is 9.02. The number of hydrogen-bond donors (Lipinski definition) is 2. The molecule has 0 aliphatic heterocycles. The lowest BCUT2D eigenvalue weighted by Gasteiger charge is -2.08. The minimum atomic E-state index is -0.649. The van der Waals surface area contributed by atoms with Gasteiger partial charge in [0.25, 0.3) is 0 Å². The van der Waals surface area contributed by atoms with Gasteiger partial charge in [-0.25, -0.2) is 0 Å². The van der Waals surface area contributed by atoms with E-state index in [1.807, 2.05) is 0 Å². The van der Waals surface area contributed by atoms with Gasteiger partial charge in [0, 0.05) is 14.2 Å². The van der Waals surface area contributed by atoms with Crippen LogP contribution in [0.1, 0.15) is 5.56 Å². The van der Waals surface area contributed by atoms with Crippen LogP contribution in [0.3, 0.4) is 0 Å². The van der Waals surface area contributed by atoms with Crippen LogP contribution in [0.25, 0.3) is 0 Å². The Morgan fingerprint density at radius 1 is 1.29 bits per heavy atom. The first kappa shape index (κ1) is 15.4. The maximum atomic E-state index is 11.0. The Morgan fingerprint density at radius 3 is 2.18 bits per heavy atom. The van der Waals surface area contributed by atoms with Crippen LogP contribution in [0.2, 0.25) is 0 Å². The highest BCUT2D eigenvalue weighted by Gasteiger charge is 2.13. The molecule has 0 aliphatic rings. The Hall–Kier alpha value is -1.59. The summed E-state index contributed by atoms with van der Waals surface area (Å²) in [6, 6.07) is 5.90. The van der Waals surface area contributed by atoms with Crippen LogP contribution in [0.5, 0.6) is 5.75 Å². The number of aromatic hydroxyl groups is 1. The van der Waals surface area contributed by atoms with Crippen LogP contribution in [-0.2, 0) is 20.7 Å². The van der Waals surface area contributed by atoms with E-state index in [1.54, 1.807) is 38.5 Å². The van der Waals surface area contributed by atoms with Gasteiger partial charge in [-0.3, -0.25) is 4.79 Å². The number of benzene rings is 1. The summed E-state index contributed by atoms with van der Waals surface area (Å²) in [4.78, 5) is 11.0. The Labute approximate surface area is 101 Å². The van der Waals surface area contributed by atoms with Gasteiger partial charge in [0.05, 0.1) is 7.11 Å². The van der Waals surface area contributed by atoms with E-state index in [0.29, 0.717) is 6.42 Å². The van der Waals surface area contributed by atoms with E-state index in [0.717, 1.165) is 5.56 Å². The molecule has 0 radical (unpaired) electrons. The maximum absolute atomic E-state index is 11.0. The molecule has 0 saturated carbocycles. The Kier molecular flexibility index (Phi) is 7.75. The van der Waals surface area contributed by atoms with E-state index in [2.05, 4.69) is 9.47 Å². The quantitative estimate of drug-likeness (QED) is 0.761. The van der Waals surface area contributed by atoms with E-state index >= 15 is 0 Å². The van der Waals surface area contributed by atoms with Gasteiger partial charge in [0.1, 0.15) is 11.8 Å². The molecule has 0 aromatic heterocycles. The molecule has 1 aromatic rings. The Balaban J connectivity index is 0.000000770. The third-order valence-electron chi connectivity index (χ3n) is 1.90. The summed E-state index contributed by atoms with van der Waals surface area (Å²) in [6.07, 6.45) is 0.410. The lowest BCUT2D eigenvalue weighted by molar-refractivity contribution is -0.142. The molecule has 0 amide bonds. The number of hydrogen-bond acceptors (Lipinski definition) is 5. The fourth-order valence-electron chi connectivity index (χ4n) is 1.12.